The van der Waals surface area contributed by atoms with Crippen molar-refractivity contribution in [3.63, 3.8) is 0 Å². The normalized spacial score (nSPS) is 12.4. The summed E-state index contributed by atoms with van der Waals surface area (Å²) in [5.74, 6) is 0. The molecule has 1 atom stereocenters. The summed E-state index contributed by atoms with van der Waals surface area (Å²) in [4.78, 5) is 4.17. The zero-order valence-corrected chi connectivity index (χ0v) is 13.8. The average molecular weight is 417 g/mol. The van der Waals surface area contributed by atoms with Gasteiger partial charge in [-0.3, -0.25) is 4.98 Å². The minimum Gasteiger partial charge on any atom is -0.313 e. The number of rotatable bonds is 4. The van der Waals surface area contributed by atoms with Gasteiger partial charge in [-0.1, -0.05) is 22.0 Å². The molecule has 0 bridgehead atoms. The molecule has 0 saturated heterocycles. The Hall–Kier alpha value is -0.460. The van der Waals surface area contributed by atoms with Gasteiger partial charge in [-0.15, -0.1) is 0 Å². The molecule has 1 N–H and O–H groups in total. The van der Waals surface area contributed by atoms with E-state index in [-0.39, 0.29) is 0 Å². The third-order valence-electron chi connectivity index (χ3n) is 2.84. The van der Waals surface area contributed by atoms with Crippen molar-refractivity contribution in [1.82, 2.24) is 10.3 Å². The van der Waals surface area contributed by atoms with Crippen molar-refractivity contribution >= 4 is 38.5 Å². The van der Waals surface area contributed by atoms with Crippen LogP contribution in [0.25, 0.3) is 0 Å². The number of likely N-dealkylation sites (N-methyl/N-ethyl adjacent to an activating group) is 1. The van der Waals surface area contributed by atoms with Crippen molar-refractivity contribution in [2.45, 2.75) is 12.5 Å². The van der Waals surface area contributed by atoms with Gasteiger partial charge in [-0.25, -0.2) is 0 Å². The highest BCUT2D eigenvalue weighted by Gasteiger charge is 2.13. The van der Waals surface area contributed by atoms with E-state index in [9.17, 15) is 0 Å². The smallest absolute Gasteiger partial charge is 0.0369 e. The predicted molar refractivity (Wildman–Crippen MR) is 86.6 cm³/mol. The predicted octanol–water partition coefficient (Wildman–Crippen LogP) is 3.95. The summed E-state index contributed by atoms with van der Waals surface area (Å²) >= 11 is 5.92. The maximum Gasteiger partial charge on any atom is 0.0369 e. The van der Waals surface area contributed by atoms with Crippen LogP contribution in [0.15, 0.2) is 47.2 Å². The summed E-state index contributed by atoms with van der Waals surface area (Å²) in [6.45, 7) is 0. The molecular formula is C14H14BrIN2. The van der Waals surface area contributed by atoms with Gasteiger partial charge in [0.15, 0.2) is 0 Å². The fraction of sp³-hybridized carbons (Fsp3) is 0.214. The number of hydrogen-bond acceptors (Lipinski definition) is 2. The minimum atomic E-state index is 0.304. The van der Waals surface area contributed by atoms with E-state index in [1.807, 2.05) is 19.3 Å². The average Bonchev–Trinajstić information content (AvgIpc) is 2.40. The fourth-order valence-electron chi connectivity index (χ4n) is 1.90. The van der Waals surface area contributed by atoms with E-state index in [0.717, 1.165) is 10.9 Å². The van der Waals surface area contributed by atoms with Crippen molar-refractivity contribution in [2.75, 3.05) is 7.05 Å². The van der Waals surface area contributed by atoms with Gasteiger partial charge >= 0.3 is 0 Å². The Kier molecular flexibility index (Phi) is 5.14. The Morgan fingerprint density at radius 1 is 1.39 bits per heavy atom. The summed E-state index contributed by atoms with van der Waals surface area (Å²) in [7, 11) is 2.00. The number of nitrogens with one attached hydrogen (secondary N) is 1. The Morgan fingerprint density at radius 3 is 2.89 bits per heavy atom. The van der Waals surface area contributed by atoms with E-state index in [1.54, 1.807) is 6.20 Å². The molecule has 2 aromatic rings. The monoisotopic (exact) mass is 416 g/mol. The molecule has 1 heterocycles. The van der Waals surface area contributed by atoms with Crippen LogP contribution in [-0.4, -0.2) is 12.0 Å². The summed E-state index contributed by atoms with van der Waals surface area (Å²) in [6, 6.07) is 10.8. The number of aromatic nitrogens is 1. The number of benzene rings is 1. The highest BCUT2D eigenvalue weighted by molar-refractivity contribution is 14.1. The molecule has 0 fully saturated rings. The molecule has 18 heavy (non-hydrogen) atoms. The molecule has 2 rings (SSSR count). The van der Waals surface area contributed by atoms with E-state index in [1.165, 1.54) is 14.7 Å². The van der Waals surface area contributed by atoms with Gasteiger partial charge in [0, 0.05) is 26.5 Å². The number of nitrogens with zero attached hydrogens (tertiary/aromatic N) is 1. The molecule has 0 aliphatic rings. The van der Waals surface area contributed by atoms with E-state index in [2.05, 4.69) is 73.1 Å². The number of halogens is 2. The second kappa shape index (κ2) is 6.63. The van der Waals surface area contributed by atoms with Crippen molar-refractivity contribution in [3.05, 3.63) is 61.9 Å². The zero-order chi connectivity index (χ0) is 13.0. The molecule has 0 spiro atoms. The van der Waals surface area contributed by atoms with Crippen LogP contribution >= 0.6 is 38.5 Å². The molecule has 0 aliphatic carbocycles. The molecule has 1 aromatic heterocycles. The molecule has 1 unspecified atom stereocenters. The minimum absolute atomic E-state index is 0.304. The van der Waals surface area contributed by atoms with Gasteiger partial charge in [0.2, 0.25) is 0 Å². The Morgan fingerprint density at radius 2 is 2.22 bits per heavy atom. The first-order valence-electron chi connectivity index (χ1n) is 5.72. The maximum absolute atomic E-state index is 4.17. The van der Waals surface area contributed by atoms with Crippen molar-refractivity contribution < 1.29 is 0 Å². The summed E-state index contributed by atoms with van der Waals surface area (Å²) in [6.07, 6.45) is 4.67. The second-order valence-electron chi connectivity index (χ2n) is 4.07. The lowest BCUT2D eigenvalue weighted by atomic mass is 10.0. The van der Waals surface area contributed by atoms with Gasteiger partial charge in [0.25, 0.3) is 0 Å². The topological polar surface area (TPSA) is 24.9 Å². The molecule has 4 heteroatoms. The SMILES string of the molecule is CNC(Cc1cccnc1)c1cc(Br)ccc1I. The van der Waals surface area contributed by atoms with Crippen LogP contribution in [0.3, 0.4) is 0 Å². The van der Waals surface area contributed by atoms with Gasteiger partial charge in [-0.2, -0.15) is 0 Å². The van der Waals surface area contributed by atoms with Gasteiger partial charge in [-0.05, 0) is 71.5 Å². The quantitative estimate of drug-likeness (QED) is 0.763. The summed E-state index contributed by atoms with van der Waals surface area (Å²) in [5, 5.41) is 3.38. The molecule has 1 aromatic carbocycles. The zero-order valence-electron chi connectivity index (χ0n) is 10.0. The van der Waals surface area contributed by atoms with E-state index in [0.29, 0.717) is 6.04 Å². The second-order valence-corrected chi connectivity index (χ2v) is 6.15. The van der Waals surface area contributed by atoms with Gasteiger partial charge in [0.05, 0.1) is 0 Å². The molecular weight excluding hydrogens is 403 g/mol. The molecule has 0 aliphatic heterocycles. The van der Waals surface area contributed by atoms with E-state index < -0.39 is 0 Å². The number of hydrogen-bond donors (Lipinski definition) is 1. The largest absolute Gasteiger partial charge is 0.313 e. The van der Waals surface area contributed by atoms with E-state index >= 15 is 0 Å². The summed E-state index contributed by atoms with van der Waals surface area (Å²) < 4.78 is 2.39. The molecule has 0 radical (unpaired) electrons. The standard InChI is InChI=1S/C14H14BrIN2/c1-17-14(7-10-3-2-6-18-9-10)12-8-11(15)4-5-13(12)16/h2-6,8-9,14,17H,7H2,1H3. The fourth-order valence-corrected chi connectivity index (χ4v) is 2.99. The van der Waals surface area contributed by atoms with Crippen molar-refractivity contribution in [2.24, 2.45) is 0 Å². The highest BCUT2D eigenvalue weighted by atomic mass is 127. The third kappa shape index (κ3) is 3.52. The molecule has 0 amide bonds. The first-order valence-corrected chi connectivity index (χ1v) is 7.59. The van der Waals surface area contributed by atoms with Crippen LogP contribution < -0.4 is 5.32 Å². The van der Waals surface area contributed by atoms with Crippen LogP contribution in [0, 0.1) is 3.57 Å². The lowest BCUT2D eigenvalue weighted by Gasteiger charge is -2.18. The Labute approximate surface area is 129 Å². The Balaban J connectivity index is 2.26. The van der Waals surface area contributed by atoms with Crippen molar-refractivity contribution in [1.29, 1.82) is 0 Å². The maximum atomic E-state index is 4.17. The summed E-state index contributed by atoms with van der Waals surface area (Å²) in [5.41, 5.74) is 2.56. The van der Waals surface area contributed by atoms with Crippen LogP contribution in [-0.2, 0) is 6.42 Å². The molecule has 94 valence electrons. The first kappa shape index (κ1) is 14.0. The lowest BCUT2D eigenvalue weighted by Crippen LogP contribution is -2.20. The first-order chi connectivity index (χ1) is 8.70. The lowest BCUT2D eigenvalue weighted by molar-refractivity contribution is 0.588. The molecule has 0 saturated carbocycles. The van der Waals surface area contributed by atoms with Gasteiger partial charge < -0.3 is 5.32 Å². The van der Waals surface area contributed by atoms with Crippen LogP contribution in [0.5, 0.6) is 0 Å². The van der Waals surface area contributed by atoms with Gasteiger partial charge in [0.1, 0.15) is 0 Å². The third-order valence-corrected chi connectivity index (χ3v) is 4.32. The van der Waals surface area contributed by atoms with Crippen LogP contribution in [0.2, 0.25) is 0 Å². The van der Waals surface area contributed by atoms with Crippen LogP contribution in [0.1, 0.15) is 17.2 Å². The van der Waals surface area contributed by atoms with E-state index in [4.69, 9.17) is 0 Å². The molecule has 2 nitrogen and oxygen atoms in total. The van der Waals surface area contributed by atoms with Crippen LogP contribution in [0.4, 0.5) is 0 Å². The highest BCUT2D eigenvalue weighted by Crippen LogP contribution is 2.26. The Bertz CT molecular complexity index is 516. The van der Waals surface area contributed by atoms with Crippen molar-refractivity contribution in [3.8, 4) is 0 Å². The number of pyridine rings is 1.